The second-order valence-corrected chi connectivity index (χ2v) is 8.22. The summed E-state index contributed by atoms with van der Waals surface area (Å²) in [6.45, 7) is 7.45. The molecule has 0 aromatic heterocycles. The highest BCUT2D eigenvalue weighted by Crippen LogP contribution is 2.45. The molecule has 4 aromatic rings. The van der Waals surface area contributed by atoms with Crippen LogP contribution in [0.25, 0.3) is 0 Å². The van der Waals surface area contributed by atoms with E-state index in [1.54, 1.807) is 6.07 Å². The average Bonchev–Trinajstić information content (AvgIpc) is 2.79. The third-order valence-electron chi connectivity index (χ3n) is 5.73. The van der Waals surface area contributed by atoms with Gasteiger partial charge < -0.3 is 25.0 Å². The van der Waals surface area contributed by atoms with Crippen LogP contribution in [-0.4, -0.2) is 15.3 Å². The summed E-state index contributed by atoms with van der Waals surface area (Å²) >= 11 is 0. The zero-order chi connectivity index (χ0) is 23.7. The van der Waals surface area contributed by atoms with E-state index in [0.29, 0.717) is 22.9 Å². The van der Waals surface area contributed by atoms with Crippen molar-refractivity contribution in [1.29, 1.82) is 0 Å². The Kier molecular flexibility index (Phi) is 5.88. The number of para-hydroxylation sites is 2. The van der Waals surface area contributed by atoms with Crippen LogP contribution in [0.15, 0.2) is 72.8 Å². The van der Waals surface area contributed by atoms with Gasteiger partial charge in [-0.05, 0) is 92.4 Å². The lowest BCUT2D eigenvalue weighted by Gasteiger charge is -2.28. The molecule has 33 heavy (non-hydrogen) atoms. The summed E-state index contributed by atoms with van der Waals surface area (Å²) in [5.74, 6) is 1.65. The summed E-state index contributed by atoms with van der Waals surface area (Å²) < 4.78 is 6.00. The number of phenolic OH excluding ortho intramolecular Hbond substituents is 3. The molecule has 4 aromatic carbocycles. The molecule has 0 aliphatic rings. The van der Waals surface area contributed by atoms with Crippen molar-refractivity contribution in [2.45, 2.75) is 27.7 Å². The summed E-state index contributed by atoms with van der Waals surface area (Å²) in [6.07, 6.45) is 0. The molecular weight excluding hydrogens is 414 g/mol. The maximum Gasteiger partial charge on any atom is 0.142 e. The first-order valence-electron chi connectivity index (χ1n) is 10.7. The number of ether oxygens (including phenoxy) is 1. The largest absolute Gasteiger partial charge is 0.508 e. The van der Waals surface area contributed by atoms with Gasteiger partial charge in [-0.3, -0.25) is 0 Å². The molecule has 0 atom stereocenters. The fraction of sp³-hybridized carbons (Fsp3) is 0.143. The van der Waals surface area contributed by atoms with Crippen molar-refractivity contribution in [1.82, 2.24) is 0 Å². The number of rotatable bonds is 5. The topological polar surface area (TPSA) is 73.2 Å². The molecule has 3 N–H and O–H groups in total. The molecule has 5 nitrogen and oxygen atoms in total. The van der Waals surface area contributed by atoms with Gasteiger partial charge >= 0.3 is 0 Å². The molecule has 0 spiro atoms. The highest BCUT2D eigenvalue weighted by atomic mass is 16.5. The molecule has 0 unspecified atom stereocenters. The standard InChI is InChI=1S/C28H27NO4/c1-17-7-5-9-23(27(17)31)29(24-10-6-8-18(2)28(24)32)21-11-13-22(14-12-21)33-26-16-25(30)19(3)15-20(26)4/h5-16,30-32H,1-4H3. The van der Waals surface area contributed by atoms with Gasteiger partial charge in [0.05, 0.1) is 11.4 Å². The average molecular weight is 442 g/mol. The number of phenols is 3. The Morgan fingerprint density at radius 3 is 1.70 bits per heavy atom. The first-order chi connectivity index (χ1) is 15.8. The van der Waals surface area contributed by atoms with Gasteiger partial charge in [-0.1, -0.05) is 24.3 Å². The molecule has 5 heteroatoms. The lowest BCUT2D eigenvalue weighted by molar-refractivity contribution is 0.450. The van der Waals surface area contributed by atoms with Crippen LogP contribution >= 0.6 is 0 Å². The van der Waals surface area contributed by atoms with E-state index in [1.807, 2.05) is 99.3 Å². The lowest BCUT2D eigenvalue weighted by atomic mass is 10.1. The normalized spacial score (nSPS) is 10.8. The quantitative estimate of drug-likeness (QED) is 0.303. The van der Waals surface area contributed by atoms with E-state index in [4.69, 9.17) is 4.74 Å². The van der Waals surface area contributed by atoms with Gasteiger partial charge in [-0.25, -0.2) is 0 Å². The van der Waals surface area contributed by atoms with Crippen LogP contribution in [0.5, 0.6) is 28.7 Å². The van der Waals surface area contributed by atoms with Gasteiger partial charge in [0.25, 0.3) is 0 Å². The third-order valence-corrected chi connectivity index (χ3v) is 5.73. The summed E-state index contributed by atoms with van der Waals surface area (Å²) in [4.78, 5) is 1.82. The van der Waals surface area contributed by atoms with E-state index in [-0.39, 0.29) is 17.2 Å². The minimum atomic E-state index is 0.143. The number of aryl methyl sites for hydroxylation is 4. The smallest absolute Gasteiger partial charge is 0.142 e. The van der Waals surface area contributed by atoms with Crippen molar-refractivity contribution in [3.8, 4) is 28.7 Å². The maximum atomic E-state index is 10.8. The predicted octanol–water partition coefficient (Wildman–Crippen LogP) is 7.30. The first-order valence-corrected chi connectivity index (χ1v) is 10.7. The second kappa shape index (κ2) is 8.79. The van der Waals surface area contributed by atoms with Crippen molar-refractivity contribution in [2.75, 3.05) is 4.90 Å². The van der Waals surface area contributed by atoms with Crippen molar-refractivity contribution < 1.29 is 20.1 Å². The molecule has 0 fully saturated rings. The van der Waals surface area contributed by atoms with Crippen LogP contribution in [0.3, 0.4) is 0 Å². The minimum Gasteiger partial charge on any atom is -0.508 e. The summed E-state index contributed by atoms with van der Waals surface area (Å²) in [7, 11) is 0. The van der Waals surface area contributed by atoms with Gasteiger partial charge in [0.15, 0.2) is 0 Å². The number of aromatic hydroxyl groups is 3. The third kappa shape index (κ3) is 4.30. The Morgan fingerprint density at radius 1 is 0.606 bits per heavy atom. The molecular formula is C28H27NO4. The second-order valence-electron chi connectivity index (χ2n) is 8.22. The van der Waals surface area contributed by atoms with E-state index in [9.17, 15) is 15.3 Å². The molecule has 0 heterocycles. The predicted molar refractivity (Wildman–Crippen MR) is 132 cm³/mol. The van der Waals surface area contributed by atoms with E-state index in [1.165, 1.54) is 0 Å². The Labute approximate surface area is 193 Å². The first kappa shape index (κ1) is 22.1. The molecule has 0 aliphatic heterocycles. The monoisotopic (exact) mass is 441 g/mol. The number of hydrogen-bond donors (Lipinski definition) is 3. The van der Waals surface area contributed by atoms with Gasteiger partial charge in [0.1, 0.15) is 28.7 Å². The Hall–Kier alpha value is -4.12. The molecule has 0 aliphatic carbocycles. The fourth-order valence-electron chi connectivity index (χ4n) is 3.78. The fourth-order valence-corrected chi connectivity index (χ4v) is 3.78. The Morgan fingerprint density at radius 2 is 1.15 bits per heavy atom. The summed E-state index contributed by atoms with van der Waals surface area (Å²) in [5, 5.41) is 31.6. The van der Waals surface area contributed by atoms with Crippen molar-refractivity contribution in [3.63, 3.8) is 0 Å². The highest BCUT2D eigenvalue weighted by molar-refractivity contribution is 5.84. The molecule has 0 bridgehead atoms. The van der Waals surface area contributed by atoms with Crippen LogP contribution in [-0.2, 0) is 0 Å². The van der Waals surface area contributed by atoms with Gasteiger partial charge in [0.2, 0.25) is 0 Å². The highest BCUT2D eigenvalue weighted by Gasteiger charge is 2.20. The van der Waals surface area contributed by atoms with Crippen LogP contribution in [0.1, 0.15) is 22.3 Å². The van der Waals surface area contributed by atoms with Crippen LogP contribution < -0.4 is 9.64 Å². The minimum absolute atomic E-state index is 0.143. The van der Waals surface area contributed by atoms with Crippen LogP contribution in [0.4, 0.5) is 17.1 Å². The van der Waals surface area contributed by atoms with E-state index >= 15 is 0 Å². The Balaban J connectivity index is 1.76. The van der Waals surface area contributed by atoms with Gasteiger partial charge in [-0.15, -0.1) is 0 Å². The molecule has 0 radical (unpaired) electrons. The van der Waals surface area contributed by atoms with Gasteiger partial charge in [0, 0.05) is 11.8 Å². The SMILES string of the molecule is Cc1cc(C)c(Oc2ccc(N(c3cccc(C)c3O)c3cccc(C)c3O)cc2)cc1O. The number of hydrogen-bond acceptors (Lipinski definition) is 5. The zero-order valence-corrected chi connectivity index (χ0v) is 19.1. The van der Waals surface area contributed by atoms with Crippen LogP contribution in [0, 0.1) is 27.7 Å². The molecule has 168 valence electrons. The van der Waals surface area contributed by atoms with Crippen LogP contribution in [0.2, 0.25) is 0 Å². The molecule has 0 amide bonds. The Bertz CT molecular complexity index is 1260. The number of benzene rings is 4. The molecule has 0 saturated carbocycles. The van der Waals surface area contributed by atoms with Crippen molar-refractivity contribution >= 4 is 17.1 Å². The van der Waals surface area contributed by atoms with E-state index in [0.717, 1.165) is 27.9 Å². The molecule has 4 rings (SSSR count). The van der Waals surface area contributed by atoms with Crippen molar-refractivity contribution in [3.05, 3.63) is 95.1 Å². The molecule has 0 saturated heterocycles. The summed E-state index contributed by atoms with van der Waals surface area (Å²) in [5.41, 5.74) is 5.05. The number of anilines is 3. The number of nitrogens with zero attached hydrogens (tertiary/aromatic N) is 1. The van der Waals surface area contributed by atoms with Crippen molar-refractivity contribution in [2.24, 2.45) is 0 Å². The lowest BCUT2D eigenvalue weighted by Crippen LogP contribution is -2.11. The van der Waals surface area contributed by atoms with E-state index < -0.39 is 0 Å². The van der Waals surface area contributed by atoms with E-state index in [2.05, 4.69) is 0 Å². The summed E-state index contributed by atoms with van der Waals surface area (Å²) in [6, 6.07) is 21.9. The maximum absolute atomic E-state index is 10.8. The zero-order valence-electron chi connectivity index (χ0n) is 19.1. The van der Waals surface area contributed by atoms with Gasteiger partial charge in [-0.2, -0.15) is 0 Å².